The SMILES string of the molecule is O=S1(=O)c2ccccc2C2(c3ccccc3C(CCc3ccccc3)c3ccccc32)c2c1ccc1c2-c2ccccc2CCC1c1cccc(C2=Nc3ccccc3CC2Cc2ccccc2)c1. The van der Waals surface area contributed by atoms with Crippen LogP contribution in [0.1, 0.15) is 97.0 Å². The number of aryl methyl sites for hydroxylation is 2. The Balaban J connectivity index is 1.05. The lowest BCUT2D eigenvalue weighted by Gasteiger charge is -2.49. The number of hydrogen-bond donors (Lipinski definition) is 0. The first-order chi connectivity index (χ1) is 34.0. The Morgan fingerprint density at radius 2 is 1.17 bits per heavy atom. The highest BCUT2D eigenvalue weighted by Crippen LogP contribution is 2.63. The Morgan fingerprint density at radius 1 is 0.536 bits per heavy atom. The first kappa shape index (κ1) is 41.8. The standard InChI is InChI=1S/C65H51NO2S/c67-69(68)60-33-16-14-31-58(60)65(56-29-12-10-27-53(56)52(54-28-11-13-30-57(54)65)36-34-43-18-3-1-4-19-43)63-61(69)39-38-55-50(37-35-45-22-7-9-26-51(45)62(55)63)46-24-17-25-48(41-46)64-49(40-44-20-5-2-6-21-44)42-47-23-8-15-32-59(47)66-64/h1-33,38-39,41,49-50,52H,34-37,40,42H2. The second kappa shape index (κ2) is 16.7. The number of para-hydroxylation sites is 1. The van der Waals surface area contributed by atoms with Gasteiger partial charge in [-0.3, -0.25) is 4.99 Å². The van der Waals surface area contributed by atoms with Crippen molar-refractivity contribution >= 4 is 21.2 Å². The zero-order chi connectivity index (χ0) is 46.1. The normalized spacial score (nSPS) is 20.1. The number of aliphatic imine (C=N–C) groups is 1. The van der Waals surface area contributed by atoms with Gasteiger partial charge in [-0.25, -0.2) is 8.42 Å². The van der Waals surface area contributed by atoms with Crippen LogP contribution in [0.4, 0.5) is 5.69 Å². The van der Waals surface area contributed by atoms with E-state index >= 15 is 8.42 Å². The summed E-state index contributed by atoms with van der Waals surface area (Å²) in [5.74, 6) is 0.303. The molecule has 0 fully saturated rings. The average Bonchev–Trinajstić information content (AvgIpc) is 3.57. The van der Waals surface area contributed by atoms with Crippen molar-refractivity contribution < 1.29 is 8.42 Å². The quantitative estimate of drug-likeness (QED) is 0.160. The maximum atomic E-state index is 15.6. The molecule has 1 spiro atoms. The summed E-state index contributed by atoms with van der Waals surface area (Å²) >= 11 is 0. The maximum absolute atomic E-state index is 15.6. The number of sulfone groups is 1. The van der Waals surface area contributed by atoms with Crippen LogP contribution in [0.25, 0.3) is 11.1 Å². The molecule has 2 heterocycles. The van der Waals surface area contributed by atoms with Crippen molar-refractivity contribution in [2.24, 2.45) is 10.9 Å². The Kier molecular flexibility index (Phi) is 10.1. The third-order valence-electron chi connectivity index (χ3n) is 15.8. The second-order valence-electron chi connectivity index (χ2n) is 19.5. The van der Waals surface area contributed by atoms with Gasteiger partial charge in [-0.15, -0.1) is 0 Å². The van der Waals surface area contributed by atoms with E-state index < -0.39 is 15.3 Å². The van der Waals surface area contributed by atoms with Gasteiger partial charge in [-0.1, -0.05) is 194 Å². The highest BCUT2D eigenvalue weighted by Gasteiger charge is 2.55. The van der Waals surface area contributed by atoms with E-state index in [0.29, 0.717) is 9.79 Å². The van der Waals surface area contributed by atoms with Crippen molar-refractivity contribution in [3.8, 4) is 11.1 Å². The van der Waals surface area contributed by atoms with E-state index in [-0.39, 0.29) is 17.8 Å². The van der Waals surface area contributed by atoms with E-state index in [2.05, 4.69) is 194 Å². The molecule has 4 heteroatoms. The van der Waals surface area contributed by atoms with E-state index in [1.807, 2.05) is 24.3 Å². The third-order valence-corrected chi connectivity index (χ3v) is 17.7. The van der Waals surface area contributed by atoms with Crippen LogP contribution >= 0.6 is 0 Å². The molecule has 0 saturated carbocycles. The summed E-state index contributed by atoms with van der Waals surface area (Å²) in [6, 6.07) is 78.1. The molecule has 0 aromatic heterocycles. The fraction of sp³-hybridized carbons (Fsp3) is 0.154. The van der Waals surface area contributed by atoms with Crippen molar-refractivity contribution in [3.05, 3.63) is 291 Å². The highest BCUT2D eigenvalue weighted by atomic mass is 32.2. The Morgan fingerprint density at radius 3 is 1.94 bits per heavy atom. The summed E-state index contributed by atoms with van der Waals surface area (Å²) in [7, 11) is -3.97. The van der Waals surface area contributed by atoms with Crippen LogP contribution in [0.3, 0.4) is 0 Å². The Labute approximate surface area is 405 Å². The van der Waals surface area contributed by atoms with Gasteiger partial charge in [0.05, 0.1) is 26.6 Å². The fourth-order valence-electron chi connectivity index (χ4n) is 12.9. The van der Waals surface area contributed by atoms with Gasteiger partial charge in [0.25, 0.3) is 0 Å². The van der Waals surface area contributed by atoms with Gasteiger partial charge in [-0.05, 0) is 146 Å². The van der Waals surface area contributed by atoms with Crippen LogP contribution < -0.4 is 0 Å². The molecule has 9 aromatic carbocycles. The van der Waals surface area contributed by atoms with Crippen LogP contribution in [-0.4, -0.2) is 14.1 Å². The van der Waals surface area contributed by atoms with Crippen molar-refractivity contribution in [1.29, 1.82) is 0 Å². The van der Waals surface area contributed by atoms with E-state index in [1.54, 1.807) is 0 Å². The predicted octanol–water partition coefficient (Wildman–Crippen LogP) is 14.6. The topological polar surface area (TPSA) is 46.5 Å². The van der Waals surface area contributed by atoms with E-state index in [4.69, 9.17) is 4.99 Å². The van der Waals surface area contributed by atoms with Gasteiger partial charge in [0, 0.05) is 17.8 Å². The minimum absolute atomic E-state index is 0.0219. The summed E-state index contributed by atoms with van der Waals surface area (Å²) in [4.78, 5) is 6.24. The van der Waals surface area contributed by atoms with Crippen LogP contribution in [0.15, 0.2) is 233 Å². The van der Waals surface area contributed by atoms with Crippen molar-refractivity contribution in [2.45, 2.75) is 65.6 Å². The van der Waals surface area contributed by atoms with Gasteiger partial charge in [0.2, 0.25) is 9.84 Å². The Bertz CT molecular complexity index is 3560. The van der Waals surface area contributed by atoms with Gasteiger partial charge >= 0.3 is 0 Å². The predicted molar refractivity (Wildman–Crippen MR) is 279 cm³/mol. The van der Waals surface area contributed by atoms with Crippen LogP contribution in [0.2, 0.25) is 0 Å². The van der Waals surface area contributed by atoms with Gasteiger partial charge < -0.3 is 0 Å². The molecule has 0 N–H and O–H groups in total. The highest BCUT2D eigenvalue weighted by molar-refractivity contribution is 7.91. The molecule has 2 aliphatic carbocycles. The summed E-state index contributed by atoms with van der Waals surface area (Å²) in [5.41, 5.74) is 18.7. The zero-order valence-corrected chi connectivity index (χ0v) is 39.2. The molecule has 2 aliphatic heterocycles. The summed E-state index contributed by atoms with van der Waals surface area (Å²) in [5, 5.41) is 0. The molecule has 3 nitrogen and oxygen atoms in total. The molecular formula is C65H51NO2S. The molecule has 4 aliphatic rings. The number of nitrogens with zero attached hydrogens (tertiary/aromatic N) is 1. The minimum atomic E-state index is -3.97. The summed E-state index contributed by atoms with van der Waals surface area (Å²) in [6.07, 6.45) is 5.41. The van der Waals surface area contributed by atoms with Crippen LogP contribution in [0, 0.1) is 5.92 Å². The van der Waals surface area contributed by atoms with E-state index in [1.165, 1.54) is 55.6 Å². The molecule has 0 radical (unpaired) electrons. The maximum Gasteiger partial charge on any atom is 0.207 e. The molecule has 0 saturated heterocycles. The molecule has 9 aromatic rings. The van der Waals surface area contributed by atoms with E-state index in [9.17, 15) is 0 Å². The smallest absolute Gasteiger partial charge is 0.207 e. The monoisotopic (exact) mass is 909 g/mol. The van der Waals surface area contributed by atoms with Gasteiger partial charge in [0.1, 0.15) is 0 Å². The number of fused-ring (bicyclic) bond motifs is 13. The molecule has 0 amide bonds. The number of benzene rings is 9. The van der Waals surface area contributed by atoms with Gasteiger partial charge in [-0.2, -0.15) is 0 Å². The molecule has 13 rings (SSSR count). The first-order valence-corrected chi connectivity index (χ1v) is 26.1. The molecule has 0 bridgehead atoms. The lowest BCUT2D eigenvalue weighted by Crippen LogP contribution is -2.42. The van der Waals surface area contributed by atoms with Crippen LogP contribution in [0.5, 0.6) is 0 Å². The average molecular weight is 910 g/mol. The second-order valence-corrected chi connectivity index (χ2v) is 21.4. The fourth-order valence-corrected chi connectivity index (χ4v) is 14.7. The largest absolute Gasteiger partial charge is 0.252 e. The lowest BCUT2D eigenvalue weighted by molar-refractivity contribution is 0.564. The number of rotatable bonds is 7. The summed E-state index contributed by atoms with van der Waals surface area (Å²) < 4.78 is 31.1. The molecule has 2 unspecified atom stereocenters. The first-order valence-electron chi connectivity index (χ1n) is 24.6. The lowest BCUT2D eigenvalue weighted by atomic mass is 9.55. The Hall–Kier alpha value is -7.40. The molecule has 69 heavy (non-hydrogen) atoms. The van der Waals surface area contributed by atoms with Crippen molar-refractivity contribution in [3.63, 3.8) is 0 Å². The minimum Gasteiger partial charge on any atom is -0.252 e. The summed E-state index contributed by atoms with van der Waals surface area (Å²) in [6.45, 7) is 0. The van der Waals surface area contributed by atoms with Crippen LogP contribution in [-0.2, 0) is 40.9 Å². The zero-order valence-electron chi connectivity index (χ0n) is 38.4. The van der Waals surface area contributed by atoms with E-state index in [0.717, 1.165) is 77.7 Å². The molecule has 334 valence electrons. The number of hydrogen-bond acceptors (Lipinski definition) is 3. The van der Waals surface area contributed by atoms with Crippen molar-refractivity contribution in [1.82, 2.24) is 0 Å². The third kappa shape index (κ3) is 6.67. The van der Waals surface area contributed by atoms with Gasteiger partial charge in [0.15, 0.2) is 0 Å². The molecule has 2 atom stereocenters. The molecular weight excluding hydrogens is 859 g/mol. The van der Waals surface area contributed by atoms with Crippen molar-refractivity contribution in [2.75, 3.05) is 0 Å².